The van der Waals surface area contributed by atoms with Gasteiger partial charge >= 0.3 is 0 Å². The zero-order valence-electron chi connectivity index (χ0n) is 11.2. The van der Waals surface area contributed by atoms with Gasteiger partial charge in [0.15, 0.2) is 17.5 Å². The van der Waals surface area contributed by atoms with Crippen LogP contribution in [0.3, 0.4) is 0 Å². The van der Waals surface area contributed by atoms with Crippen LogP contribution in [-0.2, 0) is 0 Å². The molecule has 0 spiro atoms. The first-order valence-corrected chi connectivity index (χ1v) is 6.99. The van der Waals surface area contributed by atoms with Crippen molar-refractivity contribution in [2.75, 3.05) is 6.54 Å². The van der Waals surface area contributed by atoms with E-state index in [0.717, 1.165) is 31.5 Å². The lowest BCUT2D eigenvalue weighted by Crippen LogP contribution is -2.27. The molecule has 2 rings (SSSR count). The van der Waals surface area contributed by atoms with Gasteiger partial charge in [0.05, 0.1) is 0 Å². The summed E-state index contributed by atoms with van der Waals surface area (Å²) in [6.07, 6.45) is 5.40. The standard InChI is InChI=1S/C15H20F3N/c1-2-6-19-14(7-10-4-3-5-10)11-8-12(16)15(18)13(17)9-11/h8-10,14,19H,2-7H2,1H3. The van der Waals surface area contributed by atoms with Gasteiger partial charge in [-0.25, -0.2) is 13.2 Å². The van der Waals surface area contributed by atoms with E-state index in [0.29, 0.717) is 11.5 Å². The average molecular weight is 271 g/mol. The normalized spacial score (nSPS) is 17.3. The quantitative estimate of drug-likeness (QED) is 0.759. The van der Waals surface area contributed by atoms with E-state index >= 15 is 0 Å². The van der Waals surface area contributed by atoms with Crippen LogP contribution < -0.4 is 5.32 Å². The summed E-state index contributed by atoms with van der Waals surface area (Å²) in [5.41, 5.74) is 0.511. The van der Waals surface area contributed by atoms with Gasteiger partial charge in [-0.3, -0.25) is 0 Å². The first-order chi connectivity index (χ1) is 9.11. The molecule has 0 aliphatic heterocycles. The fraction of sp³-hybridized carbons (Fsp3) is 0.600. The van der Waals surface area contributed by atoms with Crippen molar-refractivity contribution >= 4 is 0 Å². The molecule has 19 heavy (non-hydrogen) atoms. The Morgan fingerprint density at radius 1 is 1.21 bits per heavy atom. The molecule has 106 valence electrons. The number of rotatable bonds is 6. The second-order valence-corrected chi connectivity index (χ2v) is 5.34. The monoisotopic (exact) mass is 271 g/mol. The van der Waals surface area contributed by atoms with E-state index in [9.17, 15) is 13.2 Å². The van der Waals surface area contributed by atoms with E-state index in [2.05, 4.69) is 5.32 Å². The lowest BCUT2D eigenvalue weighted by atomic mass is 9.79. The van der Waals surface area contributed by atoms with Crippen molar-refractivity contribution in [2.24, 2.45) is 5.92 Å². The summed E-state index contributed by atoms with van der Waals surface area (Å²) in [7, 11) is 0. The lowest BCUT2D eigenvalue weighted by molar-refractivity contribution is 0.260. The molecule has 0 amide bonds. The predicted molar refractivity (Wildman–Crippen MR) is 69.3 cm³/mol. The molecule has 1 unspecified atom stereocenters. The third-order valence-electron chi connectivity index (χ3n) is 3.84. The van der Waals surface area contributed by atoms with Gasteiger partial charge in [-0.15, -0.1) is 0 Å². The predicted octanol–water partition coefficient (Wildman–Crippen LogP) is 4.33. The molecule has 0 saturated heterocycles. The van der Waals surface area contributed by atoms with Crippen molar-refractivity contribution in [3.63, 3.8) is 0 Å². The number of benzene rings is 1. The highest BCUT2D eigenvalue weighted by molar-refractivity contribution is 5.23. The van der Waals surface area contributed by atoms with Gasteiger partial charge in [0, 0.05) is 6.04 Å². The van der Waals surface area contributed by atoms with Crippen LogP contribution in [0.4, 0.5) is 13.2 Å². The third kappa shape index (κ3) is 3.50. The molecule has 1 saturated carbocycles. The zero-order chi connectivity index (χ0) is 13.8. The minimum Gasteiger partial charge on any atom is -0.310 e. The number of nitrogens with one attached hydrogen (secondary N) is 1. The molecule has 0 aromatic heterocycles. The Bertz CT molecular complexity index is 406. The summed E-state index contributed by atoms with van der Waals surface area (Å²) in [6, 6.07) is 2.14. The van der Waals surface area contributed by atoms with Crippen LogP contribution in [0.2, 0.25) is 0 Å². The average Bonchev–Trinajstić information content (AvgIpc) is 2.33. The highest BCUT2D eigenvalue weighted by Crippen LogP contribution is 2.35. The van der Waals surface area contributed by atoms with Gasteiger partial charge in [0.1, 0.15) is 0 Å². The van der Waals surface area contributed by atoms with Crippen LogP contribution in [0.1, 0.15) is 50.6 Å². The van der Waals surface area contributed by atoms with E-state index < -0.39 is 17.5 Å². The zero-order valence-corrected chi connectivity index (χ0v) is 11.2. The maximum Gasteiger partial charge on any atom is 0.194 e. The first-order valence-electron chi connectivity index (χ1n) is 6.99. The minimum atomic E-state index is -1.39. The van der Waals surface area contributed by atoms with Crippen LogP contribution in [0.25, 0.3) is 0 Å². The Morgan fingerprint density at radius 3 is 2.32 bits per heavy atom. The first kappa shape index (κ1) is 14.4. The molecule has 1 nitrogen and oxygen atoms in total. The van der Waals surface area contributed by atoms with E-state index in [1.165, 1.54) is 19.3 Å². The Balaban J connectivity index is 2.15. The second-order valence-electron chi connectivity index (χ2n) is 5.34. The number of hydrogen-bond acceptors (Lipinski definition) is 1. The van der Waals surface area contributed by atoms with Gasteiger partial charge in [-0.1, -0.05) is 26.2 Å². The summed E-state index contributed by atoms with van der Waals surface area (Å²) in [5.74, 6) is -2.98. The molecule has 1 aliphatic carbocycles. The SMILES string of the molecule is CCCNC(CC1CCC1)c1cc(F)c(F)c(F)c1. The summed E-state index contributed by atoms with van der Waals surface area (Å²) < 4.78 is 39.6. The van der Waals surface area contributed by atoms with E-state index in [4.69, 9.17) is 0 Å². The van der Waals surface area contributed by atoms with Gasteiger partial charge in [-0.2, -0.15) is 0 Å². The van der Waals surface area contributed by atoms with Gasteiger partial charge in [0.2, 0.25) is 0 Å². The Labute approximate surface area is 112 Å². The van der Waals surface area contributed by atoms with Gasteiger partial charge in [0.25, 0.3) is 0 Å². The number of hydrogen-bond donors (Lipinski definition) is 1. The van der Waals surface area contributed by atoms with Crippen LogP contribution in [0, 0.1) is 23.4 Å². The Hall–Kier alpha value is -1.03. The largest absolute Gasteiger partial charge is 0.310 e. The molecule has 4 heteroatoms. The van der Waals surface area contributed by atoms with Crippen molar-refractivity contribution in [3.05, 3.63) is 35.1 Å². The topological polar surface area (TPSA) is 12.0 Å². The minimum absolute atomic E-state index is 0.0881. The van der Waals surface area contributed by atoms with Crippen LogP contribution in [0.5, 0.6) is 0 Å². The fourth-order valence-corrected chi connectivity index (χ4v) is 2.49. The van der Waals surface area contributed by atoms with Crippen LogP contribution in [-0.4, -0.2) is 6.54 Å². The van der Waals surface area contributed by atoms with E-state index in [1.807, 2.05) is 6.92 Å². The van der Waals surface area contributed by atoms with Crippen LogP contribution in [0.15, 0.2) is 12.1 Å². The fourth-order valence-electron chi connectivity index (χ4n) is 2.49. The van der Waals surface area contributed by atoms with Crippen molar-refractivity contribution < 1.29 is 13.2 Å². The summed E-state index contributed by atoms with van der Waals surface area (Å²) in [4.78, 5) is 0. The molecule has 1 aromatic rings. The molecule has 0 heterocycles. The number of halogens is 3. The smallest absolute Gasteiger partial charge is 0.194 e. The molecular formula is C15H20F3N. The van der Waals surface area contributed by atoms with Gasteiger partial charge < -0.3 is 5.32 Å². The molecule has 1 aliphatic rings. The maximum absolute atomic E-state index is 13.3. The Kier molecular flexibility index (Phi) is 4.86. The van der Waals surface area contributed by atoms with E-state index in [-0.39, 0.29) is 6.04 Å². The van der Waals surface area contributed by atoms with Gasteiger partial charge in [-0.05, 0) is 43.0 Å². The highest BCUT2D eigenvalue weighted by atomic mass is 19.2. The summed E-state index contributed by atoms with van der Waals surface area (Å²) >= 11 is 0. The lowest BCUT2D eigenvalue weighted by Gasteiger charge is -2.30. The van der Waals surface area contributed by atoms with Crippen molar-refractivity contribution in [1.29, 1.82) is 0 Å². The maximum atomic E-state index is 13.3. The second kappa shape index (κ2) is 6.42. The summed E-state index contributed by atoms with van der Waals surface area (Å²) in [5, 5.41) is 3.30. The van der Waals surface area contributed by atoms with E-state index in [1.54, 1.807) is 0 Å². The highest BCUT2D eigenvalue weighted by Gasteiger charge is 2.24. The molecule has 1 atom stereocenters. The summed E-state index contributed by atoms with van der Waals surface area (Å²) in [6.45, 7) is 2.83. The molecular weight excluding hydrogens is 251 g/mol. The van der Waals surface area contributed by atoms with Crippen molar-refractivity contribution in [3.8, 4) is 0 Å². The van der Waals surface area contributed by atoms with Crippen molar-refractivity contribution in [2.45, 2.75) is 45.1 Å². The van der Waals surface area contributed by atoms with Crippen LogP contribution >= 0.6 is 0 Å². The van der Waals surface area contributed by atoms with Crippen molar-refractivity contribution in [1.82, 2.24) is 5.32 Å². The molecule has 1 N–H and O–H groups in total. The molecule has 1 fully saturated rings. The molecule has 0 bridgehead atoms. The Morgan fingerprint density at radius 2 is 1.84 bits per heavy atom. The third-order valence-corrected chi connectivity index (χ3v) is 3.84. The molecule has 1 aromatic carbocycles. The molecule has 0 radical (unpaired) electrons.